The van der Waals surface area contributed by atoms with Gasteiger partial charge in [0.1, 0.15) is 0 Å². The number of hydrogen-bond acceptors (Lipinski definition) is 2. The molecule has 3 atom stereocenters. The molecule has 0 aromatic heterocycles. The van der Waals surface area contributed by atoms with Crippen LogP contribution in [0.2, 0.25) is 0 Å². The van der Waals surface area contributed by atoms with Gasteiger partial charge in [-0.15, -0.1) is 0 Å². The minimum atomic E-state index is 0.665. The molecule has 1 aliphatic rings. The second-order valence-corrected chi connectivity index (χ2v) is 5.70. The molecule has 0 aromatic rings. The van der Waals surface area contributed by atoms with Crippen molar-refractivity contribution < 1.29 is 0 Å². The van der Waals surface area contributed by atoms with E-state index < -0.39 is 0 Å². The quantitative estimate of drug-likeness (QED) is 0.752. The molecule has 1 rings (SSSR count). The highest BCUT2D eigenvalue weighted by Crippen LogP contribution is 2.24. The molecule has 0 amide bonds. The maximum Gasteiger partial charge on any atom is 0.0237 e. The van der Waals surface area contributed by atoms with E-state index >= 15 is 0 Å². The Morgan fingerprint density at radius 2 is 1.93 bits per heavy atom. The third-order valence-corrected chi connectivity index (χ3v) is 3.88. The first-order valence-electron chi connectivity index (χ1n) is 6.42. The molecule has 1 aliphatic carbocycles. The molecule has 0 aliphatic heterocycles. The predicted octanol–water partition coefficient (Wildman–Crippen LogP) is 2.35. The Kier molecular flexibility index (Phi) is 5.07. The van der Waals surface area contributed by atoms with Gasteiger partial charge in [-0.05, 0) is 38.8 Å². The summed E-state index contributed by atoms with van der Waals surface area (Å²) in [5.41, 5.74) is 0. The van der Waals surface area contributed by atoms with Crippen molar-refractivity contribution in [2.24, 2.45) is 11.8 Å². The van der Waals surface area contributed by atoms with Crippen LogP contribution >= 0.6 is 0 Å². The molecular weight excluding hydrogens is 184 g/mol. The number of hydrogen-bond donors (Lipinski definition) is 1. The van der Waals surface area contributed by atoms with Crippen molar-refractivity contribution in [2.75, 3.05) is 20.6 Å². The van der Waals surface area contributed by atoms with Gasteiger partial charge >= 0.3 is 0 Å². The first-order chi connectivity index (χ1) is 7.02. The van der Waals surface area contributed by atoms with E-state index in [1.54, 1.807) is 0 Å². The van der Waals surface area contributed by atoms with E-state index in [1.807, 2.05) is 0 Å². The van der Waals surface area contributed by atoms with Crippen molar-refractivity contribution in [3.8, 4) is 0 Å². The van der Waals surface area contributed by atoms with Crippen LogP contribution in [-0.4, -0.2) is 37.6 Å². The Morgan fingerprint density at radius 1 is 1.27 bits per heavy atom. The van der Waals surface area contributed by atoms with Crippen LogP contribution in [0.5, 0.6) is 0 Å². The lowest BCUT2D eigenvalue weighted by molar-refractivity contribution is 0.214. The maximum atomic E-state index is 3.75. The molecule has 90 valence electrons. The predicted molar refractivity (Wildman–Crippen MR) is 67.1 cm³/mol. The fraction of sp³-hybridized carbons (Fsp3) is 1.00. The Morgan fingerprint density at radius 3 is 2.33 bits per heavy atom. The van der Waals surface area contributed by atoms with Crippen LogP contribution in [0.1, 0.15) is 40.0 Å². The summed E-state index contributed by atoms with van der Waals surface area (Å²) in [6.45, 7) is 8.14. The molecule has 1 fully saturated rings. The van der Waals surface area contributed by atoms with Gasteiger partial charge in [0.2, 0.25) is 0 Å². The molecule has 0 radical (unpaired) electrons. The highest BCUT2D eigenvalue weighted by Gasteiger charge is 2.24. The largest absolute Gasteiger partial charge is 0.312 e. The second kappa shape index (κ2) is 5.86. The van der Waals surface area contributed by atoms with Crippen molar-refractivity contribution in [2.45, 2.75) is 52.1 Å². The van der Waals surface area contributed by atoms with Crippen molar-refractivity contribution in [1.82, 2.24) is 10.2 Å². The first-order valence-corrected chi connectivity index (χ1v) is 6.42. The van der Waals surface area contributed by atoms with E-state index in [4.69, 9.17) is 0 Å². The van der Waals surface area contributed by atoms with Gasteiger partial charge in [-0.3, -0.25) is 0 Å². The van der Waals surface area contributed by atoms with Crippen molar-refractivity contribution in [1.29, 1.82) is 0 Å². The molecule has 15 heavy (non-hydrogen) atoms. The molecular formula is C13H28N2. The summed E-state index contributed by atoms with van der Waals surface area (Å²) in [5, 5.41) is 3.75. The zero-order valence-corrected chi connectivity index (χ0v) is 11.1. The van der Waals surface area contributed by atoms with E-state index in [0.29, 0.717) is 6.04 Å². The Balaban J connectivity index is 2.33. The summed E-state index contributed by atoms with van der Waals surface area (Å²) in [6, 6.07) is 1.43. The Bertz CT molecular complexity index is 169. The molecule has 2 nitrogen and oxygen atoms in total. The minimum Gasteiger partial charge on any atom is -0.312 e. The molecule has 0 bridgehead atoms. The highest BCUT2D eigenvalue weighted by molar-refractivity contribution is 4.83. The van der Waals surface area contributed by atoms with Crippen molar-refractivity contribution in [3.63, 3.8) is 0 Å². The van der Waals surface area contributed by atoms with Crippen LogP contribution in [0.3, 0.4) is 0 Å². The Labute approximate surface area is 95.4 Å². The van der Waals surface area contributed by atoms with E-state index in [2.05, 4.69) is 45.1 Å². The van der Waals surface area contributed by atoms with Crippen LogP contribution in [0.4, 0.5) is 0 Å². The average Bonchev–Trinajstić information content (AvgIpc) is 2.51. The van der Waals surface area contributed by atoms with Gasteiger partial charge < -0.3 is 10.2 Å². The molecule has 3 unspecified atom stereocenters. The van der Waals surface area contributed by atoms with E-state index in [-0.39, 0.29) is 0 Å². The number of nitrogens with zero attached hydrogens (tertiary/aromatic N) is 1. The maximum absolute atomic E-state index is 3.75. The second-order valence-electron chi connectivity index (χ2n) is 5.70. The minimum absolute atomic E-state index is 0.665. The molecule has 0 spiro atoms. The zero-order valence-electron chi connectivity index (χ0n) is 11.1. The van der Waals surface area contributed by atoms with Gasteiger partial charge in [-0.1, -0.05) is 27.2 Å². The topological polar surface area (TPSA) is 15.3 Å². The van der Waals surface area contributed by atoms with E-state index in [9.17, 15) is 0 Å². The Hall–Kier alpha value is -0.0800. The molecule has 1 N–H and O–H groups in total. The molecule has 1 saturated carbocycles. The SMILES string of the molecule is CC(C)C(CNC1CCCC1C)N(C)C. The van der Waals surface area contributed by atoms with Gasteiger partial charge in [0, 0.05) is 18.6 Å². The zero-order chi connectivity index (χ0) is 11.4. The van der Waals surface area contributed by atoms with Crippen LogP contribution in [0.15, 0.2) is 0 Å². The van der Waals surface area contributed by atoms with Crippen molar-refractivity contribution in [3.05, 3.63) is 0 Å². The van der Waals surface area contributed by atoms with Crippen LogP contribution in [0.25, 0.3) is 0 Å². The van der Waals surface area contributed by atoms with Gasteiger partial charge in [0.25, 0.3) is 0 Å². The van der Waals surface area contributed by atoms with Gasteiger partial charge in [-0.25, -0.2) is 0 Å². The molecule has 0 aromatic carbocycles. The summed E-state index contributed by atoms with van der Waals surface area (Å²) < 4.78 is 0. The monoisotopic (exact) mass is 212 g/mol. The molecule has 2 heteroatoms. The molecule has 0 saturated heterocycles. The number of nitrogens with one attached hydrogen (secondary N) is 1. The number of rotatable bonds is 5. The normalized spacial score (nSPS) is 29.0. The third kappa shape index (κ3) is 3.76. The van der Waals surface area contributed by atoms with Crippen LogP contribution < -0.4 is 5.32 Å². The van der Waals surface area contributed by atoms with Gasteiger partial charge in [0.15, 0.2) is 0 Å². The summed E-state index contributed by atoms with van der Waals surface area (Å²) in [6.07, 6.45) is 4.19. The van der Waals surface area contributed by atoms with Gasteiger partial charge in [0.05, 0.1) is 0 Å². The lowest BCUT2D eigenvalue weighted by Gasteiger charge is -2.30. The average molecular weight is 212 g/mol. The number of likely N-dealkylation sites (N-methyl/N-ethyl adjacent to an activating group) is 1. The standard InChI is InChI=1S/C13H28N2/c1-10(2)13(15(4)5)9-14-12-8-6-7-11(12)3/h10-14H,6-9H2,1-5H3. The summed E-state index contributed by atoms with van der Waals surface area (Å²) in [5.74, 6) is 1.60. The van der Waals surface area contributed by atoms with Crippen LogP contribution in [-0.2, 0) is 0 Å². The fourth-order valence-electron chi connectivity index (χ4n) is 2.74. The van der Waals surface area contributed by atoms with Crippen LogP contribution in [0, 0.1) is 11.8 Å². The smallest absolute Gasteiger partial charge is 0.0237 e. The third-order valence-electron chi connectivity index (χ3n) is 3.88. The summed E-state index contributed by atoms with van der Waals surface area (Å²) in [4.78, 5) is 2.34. The van der Waals surface area contributed by atoms with E-state index in [1.165, 1.54) is 19.3 Å². The lowest BCUT2D eigenvalue weighted by atomic mass is 10.0. The van der Waals surface area contributed by atoms with Crippen molar-refractivity contribution >= 4 is 0 Å². The molecule has 0 heterocycles. The first kappa shape index (κ1) is 13.0. The fourth-order valence-corrected chi connectivity index (χ4v) is 2.74. The highest BCUT2D eigenvalue weighted by atomic mass is 15.1. The van der Waals surface area contributed by atoms with Gasteiger partial charge in [-0.2, -0.15) is 0 Å². The lowest BCUT2D eigenvalue weighted by Crippen LogP contribution is -2.45. The van der Waals surface area contributed by atoms with E-state index in [0.717, 1.165) is 24.4 Å². The summed E-state index contributed by atoms with van der Waals surface area (Å²) in [7, 11) is 4.37. The summed E-state index contributed by atoms with van der Waals surface area (Å²) >= 11 is 0.